The van der Waals surface area contributed by atoms with Crippen LogP contribution >= 0.6 is 0 Å². The predicted octanol–water partition coefficient (Wildman–Crippen LogP) is 2.83. The fourth-order valence-electron chi connectivity index (χ4n) is 3.72. The zero-order valence-electron chi connectivity index (χ0n) is 15.6. The van der Waals surface area contributed by atoms with Crippen LogP contribution in [0.15, 0.2) is 18.2 Å². The third kappa shape index (κ3) is 4.46. The Kier molecular flexibility index (Phi) is 5.84. The molecule has 1 saturated carbocycles. The van der Waals surface area contributed by atoms with Crippen LogP contribution in [0.3, 0.4) is 0 Å². The second kappa shape index (κ2) is 8.09. The number of likely N-dealkylation sites (tertiary alicyclic amines) is 1. The first-order valence-electron chi connectivity index (χ1n) is 9.38. The number of nitrogens with one attached hydrogen (secondary N) is 1. The number of piperidine rings is 1. The van der Waals surface area contributed by atoms with Crippen molar-refractivity contribution >= 4 is 5.91 Å². The highest BCUT2D eigenvalue weighted by atomic mass is 16.5. The van der Waals surface area contributed by atoms with E-state index in [9.17, 15) is 4.79 Å². The summed E-state index contributed by atoms with van der Waals surface area (Å²) in [5, 5.41) is 3.70. The predicted molar refractivity (Wildman–Crippen MR) is 97.9 cm³/mol. The SMILES string of the molecule is CC[C@@H]1CN(C(=O)C2CC2)CC[C@H]1NCc1cc(OC)cc(OC)c1. The molecule has 2 fully saturated rings. The molecule has 1 aliphatic heterocycles. The average molecular weight is 346 g/mol. The zero-order chi connectivity index (χ0) is 17.8. The highest BCUT2D eigenvalue weighted by Gasteiger charge is 2.37. The summed E-state index contributed by atoms with van der Waals surface area (Å²) >= 11 is 0. The van der Waals surface area contributed by atoms with Crippen LogP contribution in [0.1, 0.15) is 38.2 Å². The molecule has 5 heteroatoms. The number of amides is 1. The van der Waals surface area contributed by atoms with Crippen molar-refractivity contribution in [3.05, 3.63) is 23.8 Å². The van der Waals surface area contributed by atoms with Crippen molar-refractivity contribution in [2.24, 2.45) is 11.8 Å². The van der Waals surface area contributed by atoms with Crippen LogP contribution in [-0.2, 0) is 11.3 Å². The fraction of sp³-hybridized carbons (Fsp3) is 0.650. The first-order chi connectivity index (χ1) is 12.1. The van der Waals surface area contributed by atoms with E-state index < -0.39 is 0 Å². The van der Waals surface area contributed by atoms with Crippen molar-refractivity contribution in [1.82, 2.24) is 10.2 Å². The second-order valence-electron chi connectivity index (χ2n) is 7.22. The normalized spacial score (nSPS) is 23.4. The van der Waals surface area contributed by atoms with Gasteiger partial charge in [0.05, 0.1) is 14.2 Å². The maximum atomic E-state index is 12.3. The Hall–Kier alpha value is -1.75. The van der Waals surface area contributed by atoms with Crippen LogP contribution in [-0.4, -0.2) is 44.2 Å². The van der Waals surface area contributed by atoms with Crippen LogP contribution in [0.4, 0.5) is 0 Å². The molecule has 1 aromatic carbocycles. The smallest absolute Gasteiger partial charge is 0.225 e. The molecule has 0 spiro atoms. The summed E-state index contributed by atoms with van der Waals surface area (Å²) in [4.78, 5) is 14.4. The first kappa shape index (κ1) is 18.1. The van der Waals surface area contributed by atoms with E-state index >= 15 is 0 Å². The lowest BCUT2D eigenvalue weighted by Gasteiger charge is -2.39. The molecule has 0 aromatic heterocycles. The van der Waals surface area contributed by atoms with E-state index in [1.54, 1.807) is 14.2 Å². The molecule has 25 heavy (non-hydrogen) atoms. The Bertz CT molecular complexity index is 578. The van der Waals surface area contributed by atoms with E-state index in [4.69, 9.17) is 9.47 Å². The Morgan fingerprint density at radius 3 is 2.40 bits per heavy atom. The van der Waals surface area contributed by atoms with Gasteiger partial charge in [-0.05, 0) is 42.9 Å². The van der Waals surface area contributed by atoms with E-state index in [2.05, 4.69) is 17.1 Å². The topological polar surface area (TPSA) is 50.8 Å². The molecule has 5 nitrogen and oxygen atoms in total. The largest absolute Gasteiger partial charge is 0.497 e. The van der Waals surface area contributed by atoms with Crippen LogP contribution in [0, 0.1) is 11.8 Å². The van der Waals surface area contributed by atoms with Crippen molar-refractivity contribution in [2.45, 2.75) is 45.2 Å². The van der Waals surface area contributed by atoms with Gasteiger partial charge in [-0.25, -0.2) is 0 Å². The van der Waals surface area contributed by atoms with E-state index in [0.29, 0.717) is 23.8 Å². The summed E-state index contributed by atoms with van der Waals surface area (Å²) in [6.07, 6.45) is 4.29. The van der Waals surface area contributed by atoms with Crippen LogP contribution in [0.2, 0.25) is 0 Å². The number of benzene rings is 1. The van der Waals surface area contributed by atoms with E-state index in [1.165, 1.54) is 0 Å². The molecule has 2 aliphatic rings. The lowest BCUT2D eigenvalue weighted by Crippen LogP contribution is -2.51. The molecule has 0 radical (unpaired) electrons. The van der Waals surface area contributed by atoms with Crippen molar-refractivity contribution in [2.75, 3.05) is 27.3 Å². The number of rotatable bonds is 7. The molecular formula is C20H30N2O3. The van der Waals surface area contributed by atoms with Gasteiger partial charge in [-0.3, -0.25) is 4.79 Å². The minimum absolute atomic E-state index is 0.325. The zero-order valence-corrected chi connectivity index (χ0v) is 15.6. The number of carbonyl (C=O) groups excluding carboxylic acids is 1. The molecule has 1 aromatic rings. The van der Waals surface area contributed by atoms with Crippen molar-refractivity contribution < 1.29 is 14.3 Å². The second-order valence-corrected chi connectivity index (χ2v) is 7.22. The van der Waals surface area contributed by atoms with Crippen molar-refractivity contribution in [3.63, 3.8) is 0 Å². The van der Waals surface area contributed by atoms with Gasteiger partial charge in [0.1, 0.15) is 11.5 Å². The molecule has 1 N–H and O–H groups in total. The number of hydrogen-bond acceptors (Lipinski definition) is 4. The Morgan fingerprint density at radius 2 is 1.84 bits per heavy atom. The summed E-state index contributed by atoms with van der Waals surface area (Å²) in [7, 11) is 3.34. The molecule has 1 amide bonds. The maximum absolute atomic E-state index is 12.3. The Labute approximate surface area is 150 Å². The lowest BCUT2D eigenvalue weighted by atomic mass is 9.89. The number of methoxy groups -OCH3 is 2. The van der Waals surface area contributed by atoms with Crippen molar-refractivity contribution in [1.29, 1.82) is 0 Å². The summed E-state index contributed by atoms with van der Waals surface area (Å²) in [5.41, 5.74) is 1.16. The molecule has 1 aliphatic carbocycles. The Morgan fingerprint density at radius 1 is 1.16 bits per heavy atom. The summed E-state index contributed by atoms with van der Waals surface area (Å²) < 4.78 is 10.7. The minimum atomic E-state index is 0.325. The number of ether oxygens (including phenoxy) is 2. The fourth-order valence-corrected chi connectivity index (χ4v) is 3.72. The molecule has 138 valence electrons. The Balaban J connectivity index is 1.58. The maximum Gasteiger partial charge on any atom is 0.225 e. The quantitative estimate of drug-likeness (QED) is 0.825. The highest BCUT2D eigenvalue weighted by Crippen LogP contribution is 2.33. The van der Waals surface area contributed by atoms with Gasteiger partial charge in [0.2, 0.25) is 5.91 Å². The molecule has 0 unspecified atom stereocenters. The molecular weight excluding hydrogens is 316 g/mol. The van der Waals surface area contributed by atoms with E-state index in [1.807, 2.05) is 18.2 Å². The van der Waals surface area contributed by atoms with Gasteiger partial charge in [0.15, 0.2) is 0 Å². The van der Waals surface area contributed by atoms with E-state index in [-0.39, 0.29) is 0 Å². The average Bonchev–Trinajstić information content (AvgIpc) is 3.50. The third-order valence-corrected chi connectivity index (χ3v) is 5.48. The van der Waals surface area contributed by atoms with Gasteiger partial charge < -0.3 is 19.7 Å². The summed E-state index contributed by atoms with van der Waals surface area (Å²) in [6, 6.07) is 6.43. The molecule has 1 saturated heterocycles. The van der Waals surface area contributed by atoms with E-state index in [0.717, 1.165) is 62.4 Å². The third-order valence-electron chi connectivity index (χ3n) is 5.48. The van der Waals surface area contributed by atoms with Crippen LogP contribution in [0.25, 0.3) is 0 Å². The van der Waals surface area contributed by atoms with Gasteiger partial charge in [0, 0.05) is 37.7 Å². The van der Waals surface area contributed by atoms with Gasteiger partial charge in [0.25, 0.3) is 0 Å². The standard InChI is InChI=1S/C20H30N2O3/c1-4-15-13-22(20(23)16-5-6-16)8-7-19(15)21-12-14-9-17(24-2)11-18(10-14)25-3/h9-11,15-16,19,21H,4-8,12-13H2,1-3H3/t15-,19-/m1/s1. The minimum Gasteiger partial charge on any atom is -0.497 e. The number of nitrogens with zero attached hydrogens (tertiary/aromatic N) is 1. The number of carbonyl (C=O) groups is 1. The van der Waals surface area contributed by atoms with Gasteiger partial charge in [-0.2, -0.15) is 0 Å². The monoisotopic (exact) mass is 346 g/mol. The van der Waals surface area contributed by atoms with Gasteiger partial charge >= 0.3 is 0 Å². The molecule has 2 atom stereocenters. The summed E-state index contributed by atoms with van der Waals surface area (Å²) in [6.45, 7) is 4.78. The van der Waals surface area contributed by atoms with Gasteiger partial charge in [-0.1, -0.05) is 13.3 Å². The van der Waals surface area contributed by atoms with Crippen molar-refractivity contribution in [3.8, 4) is 11.5 Å². The highest BCUT2D eigenvalue weighted by molar-refractivity contribution is 5.81. The molecule has 0 bridgehead atoms. The van der Waals surface area contributed by atoms with Gasteiger partial charge in [-0.15, -0.1) is 0 Å². The molecule has 1 heterocycles. The van der Waals surface area contributed by atoms with Crippen LogP contribution < -0.4 is 14.8 Å². The number of hydrogen-bond donors (Lipinski definition) is 1. The lowest BCUT2D eigenvalue weighted by molar-refractivity contribution is -0.134. The summed E-state index contributed by atoms with van der Waals surface area (Å²) in [5.74, 6) is 2.85. The first-order valence-corrected chi connectivity index (χ1v) is 9.38. The molecule has 3 rings (SSSR count). The van der Waals surface area contributed by atoms with Crippen LogP contribution in [0.5, 0.6) is 11.5 Å².